The summed E-state index contributed by atoms with van der Waals surface area (Å²) in [5, 5.41) is 9.52. The van der Waals surface area contributed by atoms with Crippen molar-refractivity contribution in [3.05, 3.63) is 63.6 Å². The van der Waals surface area contributed by atoms with E-state index in [1.54, 1.807) is 12.1 Å². The second kappa shape index (κ2) is 5.59. The van der Waals surface area contributed by atoms with Gasteiger partial charge in [0.25, 0.3) is 0 Å². The molecule has 1 aliphatic heterocycles. The first kappa shape index (κ1) is 14.6. The number of rotatable bonds is 2. The zero-order valence-corrected chi connectivity index (χ0v) is 14.1. The van der Waals surface area contributed by atoms with Crippen LogP contribution in [0.2, 0.25) is 10.0 Å². The fourth-order valence-corrected chi connectivity index (χ4v) is 3.39. The van der Waals surface area contributed by atoms with Crippen molar-refractivity contribution in [2.45, 2.75) is 13.3 Å². The van der Waals surface area contributed by atoms with Crippen LogP contribution in [0.25, 0.3) is 16.9 Å². The molecule has 1 N–H and O–H groups in total. The molecule has 0 spiro atoms. The molecule has 1 aromatic heterocycles. The molecule has 4 rings (SSSR count). The molecule has 0 bridgehead atoms. The lowest BCUT2D eigenvalue weighted by atomic mass is 10.0. The van der Waals surface area contributed by atoms with E-state index < -0.39 is 0 Å². The lowest BCUT2D eigenvalue weighted by Crippen LogP contribution is -2.04. The first-order chi connectivity index (χ1) is 11.1. The zero-order chi connectivity index (χ0) is 16.0. The average Bonchev–Trinajstić information content (AvgIpc) is 3.12. The van der Waals surface area contributed by atoms with Crippen molar-refractivity contribution in [3.63, 3.8) is 0 Å². The molecule has 1 aliphatic rings. The van der Waals surface area contributed by atoms with E-state index in [1.807, 2.05) is 10.7 Å². The molecule has 0 saturated heterocycles. The van der Waals surface area contributed by atoms with Gasteiger partial charge in [0.1, 0.15) is 5.82 Å². The van der Waals surface area contributed by atoms with Gasteiger partial charge in [-0.05, 0) is 37.6 Å². The summed E-state index contributed by atoms with van der Waals surface area (Å²) in [7, 11) is 0. The van der Waals surface area contributed by atoms with Crippen LogP contribution < -0.4 is 5.32 Å². The molecule has 3 nitrogen and oxygen atoms in total. The Hall–Kier alpha value is -1.97. The van der Waals surface area contributed by atoms with E-state index >= 15 is 0 Å². The summed E-state index contributed by atoms with van der Waals surface area (Å²) in [4.78, 5) is 0. The summed E-state index contributed by atoms with van der Waals surface area (Å²) >= 11 is 12.5. The normalized spacial score (nSPS) is 13.0. The Morgan fingerprint density at radius 1 is 1.13 bits per heavy atom. The quantitative estimate of drug-likeness (QED) is 0.699. The molecule has 116 valence electrons. The van der Waals surface area contributed by atoms with Crippen molar-refractivity contribution in [1.82, 2.24) is 9.78 Å². The van der Waals surface area contributed by atoms with Gasteiger partial charge >= 0.3 is 0 Å². The minimum atomic E-state index is 0.629. The number of hydrogen-bond donors (Lipinski definition) is 1. The second-order valence-corrected chi connectivity index (χ2v) is 6.57. The van der Waals surface area contributed by atoms with Gasteiger partial charge in [-0.2, -0.15) is 5.10 Å². The third kappa shape index (κ3) is 2.50. The molecule has 0 amide bonds. The topological polar surface area (TPSA) is 29.9 Å². The van der Waals surface area contributed by atoms with Crippen molar-refractivity contribution in [2.24, 2.45) is 0 Å². The summed E-state index contributed by atoms with van der Waals surface area (Å²) in [5.41, 5.74) is 5.37. The summed E-state index contributed by atoms with van der Waals surface area (Å²) in [6.07, 6.45) is 0.955. The number of aromatic nitrogens is 2. The zero-order valence-electron chi connectivity index (χ0n) is 12.6. The lowest BCUT2D eigenvalue weighted by Gasteiger charge is -2.09. The number of halogens is 2. The molecule has 0 unspecified atom stereocenters. The van der Waals surface area contributed by atoms with Gasteiger partial charge < -0.3 is 5.32 Å². The highest BCUT2D eigenvalue weighted by Crippen LogP contribution is 2.36. The third-order valence-electron chi connectivity index (χ3n) is 4.08. The van der Waals surface area contributed by atoms with Crippen molar-refractivity contribution in [1.29, 1.82) is 0 Å². The monoisotopic (exact) mass is 343 g/mol. The number of fused-ring (bicyclic) bond motifs is 1. The fraction of sp³-hybridized carbons (Fsp3) is 0.167. The van der Waals surface area contributed by atoms with E-state index in [1.165, 1.54) is 11.1 Å². The summed E-state index contributed by atoms with van der Waals surface area (Å²) in [6.45, 7) is 3.00. The Balaban J connectivity index is 1.93. The maximum atomic E-state index is 6.37. The van der Waals surface area contributed by atoms with E-state index in [9.17, 15) is 0 Å². The van der Waals surface area contributed by atoms with Gasteiger partial charge in [0.2, 0.25) is 0 Å². The van der Waals surface area contributed by atoms with Gasteiger partial charge in [-0.15, -0.1) is 0 Å². The van der Waals surface area contributed by atoms with Gasteiger partial charge in [-0.1, -0.05) is 47.0 Å². The molecule has 0 aliphatic carbocycles. The number of aryl methyl sites for hydroxylation is 1. The van der Waals surface area contributed by atoms with Crippen LogP contribution in [0.5, 0.6) is 0 Å². The molecule has 5 heteroatoms. The highest BCUT2D eigenvalue weighted by Gasteiger charge is 2.24. The highest BCUT2D eigenvalue weighted by molar-refractivity contribution is 6.34. The first-order valence-electron chi connectivity index (χ1n) is 7.52. The van der Waals surface area contributed by atoms with Crippen LogP contribution in [0.4, 0.5) is 5.82 Å². The van der Waals surface area contributed by atoms with Crippen LogP contribution in [0.15, 0.2) is 42.5 Å². The van der Waals surface area contributed by atoms with Crippen LogP contribution in [0, 0.1) is 6.92 Å². The van der Waals surface area contributed by atoms with Gasteiger partial charge in [0, 0.05) is 22.7 Å². The number of hydrogen-bond acceptors (Lipinski definition) is 2. The van der Waals surface area contributed by atoms with Gasteiger partial charge in [-0.3, -0.25) is 0 Å². The lowest BCUT2D eigenvalue weighted by molar-refractivity contribution is 0.882. The summed E-state index contributed by atoms with van der Waals surface area (Å²) < 4.78 is 1.87. The van der Waals surface area contributed by atoms with Crippen LogP contribution in [0.3, 0.4) is 0 Å². The maximum Gasteiger partial charge on any atom is 0.133 e. The molecule has 0 fully saturated rings. The van der Waals surface area contributed by atoms with Gasteiger partial charge in [0.05, 0.1) is 16.4 Å². The minimum absolute atomic E-state index is 0.629. The molecule has 0 atom stereocenters. The summed E-state index contributed by atoms with van der Waals surface area (Å²) in [5.74, 6) is 1.01. The van der Waals surface area contributed by atoms with E-state index in [4.69, 9.17) is 28.3 Å². The Kier molecular flexibility index (Phi) is 3.55. The van der Waals surface area contributed by atoms with Crippen LogP contribution >= 0.6 is 23.2 Å². The molecule has 2 aromatic carbocycles. The molecule has 23 heavy (non-hydrogen) atoms. The number of anilines is 1. The Morgan fingerprint density at radius 3 is 2.83 bits per heavy atom. The summed E-state index contributed by atoms with van der Waals surface area (Å²) in [6, 6.07) is 13.8. The van der Waals surface area contributed by atoms with Crippen LogP contribution in [-0.2, 0) is 6.42 Å². The largest absolute Gasteiger partial charge is 0.369 e. The Labute approximate surface area is 144 Å². The Bertz CT molecular complexity index is 899. The number of benzene rings is 2. The molecule has 3 aromatic rings. The number of nitrogens with zero attached hydrogens (tertiary/aromatic N) is 2. The van der Waals surface area contributed by atoms with Gasteiger partial charge in [0.15, 0.2) is 0 Å². The van der Waals surface area contributed by atoms with Crippen molar-refractivity contribution >= 4 is 29.0 Å². The predicted molar refractivity (Wildman–Crippen MR) is 96.0 cm³/mol. The molecular formula is C18H15Cl2N3. The van der Waals surface area contributed by atoms with Crippen LogP contribution in [-0.4, -0.2) is 16.3 Å². The molecule has 0 radical (unpaired) electrons. The van der Waals surface area contributed by atoms with E-state index in [2.05, 4.69) is 36.5 Å². The fourth-order valence-electron chi connectivity index (χ4n) is 3.02. The maximum absolute atomic E-state index is 6.37. The van der Waals surface area contributed by atoms with Crippen LogP contribution in [0.1, 0.15) is 11.1 Å². The Morgan fingerprint density at radius 2 is 2.00 bits per heavy atom. The standard InChI is InChI=1S/C18H15Cl2N3/c1-11-3-2-4-12(9-11)17-14-7-8-21-18(14)23(22-17)16-10-13(19)5-6-15(16)20/h2-6,9-10,21H,7-8H2,1H3. The van der Waals surface area contributed by atoms with E-state index in [-0.39, 0.29) is 0 Å². The van der Waals surface area contributed by atoms with E-state index in [0.717, 1.165) is 35.7 Å². The number of nitrogens with one attached hydrogen (secondary N) is 1. The molecule has 2 heterocycles. The van der Waals surface area contributed by atoms with Crippen molar-refractivity contribution in [3.8, 4) is 16.9 Å². The minimum Gasteiger partial charge on any atom is -0.369 e. The molecule has 0 saturated carbocycles. The van der Waals surface area contributed by atoms with Crippen molar-refractivity contribution < 1.29 is 0 Å². The predicted octanol–water partition coefficient (Wildman–Crippen LogP) is 5.12. The average molecular weight is 344 g/mol. The van der Waals surface area contributed by atoms with Gasteiger partial charge in [-0.25, -0.2) is 4.68 Å². The molecular weight excluding hydrogens is 329 g/mol. The highest BCUT2D eigenvalue weighted by atomic mass is 35.5. The SMILES string of the molecule is Cc1cccc(-c2nn(-c3cc(Cl)ccc3Cl)c3c2CCN3)c1. The first-order valence-corrected chi connectivity index (χ1v) is 8.27. The smallest absolute Gasteiger partial charge is 0.133 e. The third-order valence-corrected chi connectivity index (χ3v) is 4.63. The van der Waals surface area contributed by atoms with Crippen molar-refractivity contribution in [2.75, 3.05) is 11.9 Å². The van der Waals surface area contributed by atoms with E-state index in [0.29, 0.717) is 10.0 Å². The second-order valence-electron chi connectivity index (χ2n) is 5.73.